The molecule has 2 nitrogen and oxygen atoms in total. The molecule has 0 bridgehead atoms. The van der Waals surface area contributed by atoms with Gasteiger partial charge in [0.2, 0.25) is 0 Å². The number of ketones is 1. The molecule has 0 saturated carbocycles. The maximum atomic E-state index is 10.7. The van der Waals surface area contributed by atoms with Crippen LogP contribution in [-0.2, 0) is 4.79 Å². The fourth-order valence-electron chi connectivity index (χ4n) is 0.869. The van der Waals surface area contributed by atoms with Crippen molar-refractivity contribution in [1.29, 1.82) is 0 Å². The average molecular weight is 143 g/mol. The largest absolute Gasteiger partial charge is 0.362 e. The lowest BCUT2D eigenvalue weighted by molar-refractivity contribution is -0.119. The maximum Gasteiger partial charge on any atom is 0.152 e. The van der Waals surface area contributed by atoms with Crippen molar-refractivity contribution in [3.05, 3.63) is 0 Å². The molecular formula is C6H9NOS. The highest BCUT2D eigenvalue weighted by atomic mass is 32.1. The lowest BCUT2D eigenvalue weighted by Gasteiger charge is -2.23. The summed E-state index contributed by atoms with van der Waals surface area (Å²) in [6.07, 6.45) is 1.41. The van der Waals surface area contributed by atoms with Crippen LogP contribution in [0.15, 0.2) is 0 Å². The van der Waals surface area contributed by atoms with Gasteiger partial charge in [0.15, 0.2) is 5.78 Å². The van der Waals surface area contributed by atoms with E-state index in [0.717, 1.165) is 11.4 Å². The van der Waals surface area contributed by atoms with Crippen LogP contribution in [-0.4, -0.2) is 29.3 Å². The molecule has 0 unspecified atom stereocenters. The van der Waals surface area contributed by atoms with Crippen LogP contribution < -0.4 is 0 Å². The van der Waals surface area contributed by atoms with Crippen LogP contribution in [0.2, 0.25) is 0 Å². The number of hydrogen-bond donors (Lipinski definition) is 0. The van der Waals surface area contributed by atoms with Gasteiger partial charge in [-0.1, -0.05) is 12.2 Å². The molecule has 0 atom stereocenters. The summed E-state index contributed by atoms with van der Waals surface area (Å²) >= 11 is 4.96. The Morgan fingerprint density at radius 3 is 2.67 bits per heavy atom. The molecular weight excluding hydrogens is 134 g/mol. The van der Waals surface area contributed by atoms with E-state index in [4.69, 9.17) is 12.2 Å². The van der Waals surface area contributed by atoms with Gasteiger partial charge in [-0.05, 0) is 0 Å². The van der Waals surface area contributed by atoms with E-state index in [9.17, 15) is 4.79 Å². The van der Waals surface area contributed by atoms with E-state index < -0.39 is 0 Å². The smallest absolute Gasteiger partial charge is 0.152 e. The molecule has 9 heavy (non-hydrogen) atoms. The van der Waals surface area contributed by atoms with Crippen LogP contribution in [0.25, 0.3) is 0 Å². The number of carbonyl (C=O) groups is 1. The molecule has 1 heterocycles. The van der Waals surface area contributed by atoms with Crippen LogP contribution >= 0.6 is 12.2 Å². The molecule has 0 radical (unpaired) electrons. The van der Waals surface area contributed by atoms with Crippen LogP contribution in [0.5, 0.6) is 0 Å². The van der Waals surface area contributed by atoms with Crippen LogP contribution in [0, 0.1) is 0 Å². The van der Waals surface area contributed by atoms with Gasteiger partial charge in [-0.2, -0.15) is 0 Å². The summed E-state index contributed by atoms with van der Waals surface area (Å²) in [7, 11) is 1.86. The standard InChI is InChI=1S/C6H9NOS/c1-7-4-5(8)2-3-6(7)9/h2-4H2,1H3. The summed E-state index contributed by atoms with van der Waals surface area (Å²) in [6.45, 7) is 0.513. The summed E-state index contributed by atoms with van der Waals surface area (Å²) in [4.78, 5) is 13.5. The van der Waals surface area contributed by atoms with E-state index in [0.29, 0.717) is 18.7 Å². The van der Waals surface area contributed by atoms with Crippen molar-refractivity contribution in [2.45, 2.75) is 12.8 Å². The molecule has 1 rings (SSSR count). The van der Waals surface area contributed by atoms with Crippen molar-refractivity contribution >= 4 is 23.0 Å². The minimum absolute atomic E-state index is 0.297. The molecule has 3 heteroatoms. The second-order valence-electron chi connectivity index (χ2n) is 2.29. The Morgan fingerprint density at radius 2 is 2.22 bits per heavy atom. The van der Waals surface area contributed by atoms with Gasteiger partial charge < -0.3 is 4.90 Å². The van der Waals surface area contributed by atoms with Gasteiger partial charge >= 0.3 is 0 Å². The first-order valence-electron chi connectivity index (χ1n) is 2.96. The molecule has 0 aromatic rings. The van der Waals surface area contributed by atoms with Gasteiger partial charge in [0.25, 0.3) is 0 Å². The van der Waals surface area contributed by atoms with Gasteiger partial charge in [-0.3, -0.25) is 4.79 Å². The lowest BCUT2D eigenvalue weighted by Crippen LogP contribution is -2.35. The van der Waals surface area contributed by atoms with E-state index >= 15 is 0 Å². The quantitative estimate of drug-likeness (QED) is 0.463. The van der Waals surface area contributed by atoms with Crippen LogP contribution in [0.3, 0.4) is 0 Å². The number of piperidine rings is 1. The predicted molar refractivity (Wildman–Crippen MR) is 39.5 cm³/mol. The highest BCUT2D eigenvalue weighted by Gasteiger charge is 2.16. The number of rotatable bonds is 0. The number of carbonyl (C=O) groups excluding carboxylic acids is 1. The molecule has 0 aliphatic carbocycles. The Labute approximate surface area is 59.8 Å². The summed E-state index contributed by atoms with van der Waals surface area (Å²) < 4.78 is 0. The van der Waals surface area contributed by atoms with E-state index in [2.05, 4.69) is 0 Å². The highest BCUT2D eigenvalue weighted by molar-refractivity contribution is 7.80. The minimum Gasteiger partial charge on any atom is -0.362 e. The van der Waals surface area contributed by atoms with Gasteiger partial charge in [-0.25, -0.2) is 0 Å². The zero-order chi connectivity index (χ0) is 6.85. The molecule has 1 fully saturated rings. The van der Waals surface area contributed by atoms with Crippen molar-refractivity contribution in [3.8, 4) is 0 Å². The van der Waals surface area contributed by atoms with Crippen molar-refractivity contribution in [2.75, 3.05) is 13.6 Å². The van der Waals surface area contributed by atoms with Crippen molar-refractivity contribution < 1.29 is 4.79 Å². The fraction of sp³-hybridized carbons (Fsp3) is 0.667. The minimum atomic E-state index is 0.297. The first-order valence-corrected chi connectivity index (χ1v) is 3.36. The van der Waals surface area contributed by atoms with Crippen molar-refractivity contribution in [1.82, 2.24) is 4.90 Å². The molecule has 50 valence electrons. The first kappa shape index (κ1) is 6.68. The SMILES string of the molecule is CN1CC(=O)CCC1=S. The number of thiocarbonyl (C=S) groups is 1. The lowest BCUT2D eigenvalue weighted by atomic mass is 10.1. The number of likely N-dealkylation sites (tertiary alicyclic amines) is 1. The Bertz CT molecular complexity index is 155. The number of nitrogens with zero attached hydrogens (tertiary/aromatic N) is 1. The summed E-state index contributed by atoms with van der Waals surface area (Å²) in [5.41, 5.74) is 0. The molecule has 1 aliphatic rings. The Balaban J connectivity index is 2.54. The zero-order valence-electron chi connectivity index (χ0n) is 5.39. The molecule has 0 aromatic heterocycles. The Hall–Kier alpha value is -0.440. The molecule has 1 saturated heterocycles. The second kappa shape index (κ2) is 2.43. The van der Waals surface area contributed by atoms with E-state index in [1.54, 1.807) is 0 Å². The van der Waals surface area contributed by atoms with Gasteiger partial charge in [-0.15, -0.1) is 0 Å². The average Bonchev–Trinajstić information content (AvgIpc) is 1.80. The first-order chi connectivity index (χ1) is 4.20. The molecule has 1 aliphatic heterocycles. The third-order valence-corrected chi connectivity index (χ3v) is 1.97. The van der Waals surface area contributed by atoms with Crippen LogP contribution in [0.4, 0.5) is 0 Å². The third kappa shape index (κ3) is 1.48. The van der Waals surface area contributed by atoms with Crippen molar-refractivity contribution in [3.63, 3.8) is 0 Å². The van der Waals surface area contributed by atoms with Gasteiger partial charge in [0.1, 0.15) is 0 Å². The number of Topliss-reactive ketones (excluding diaryl/α,β-unsaturated/α-hetero) is 1. The molecule has 0 amide bonds. The summed E-state index contributed by atoms with van der Waals surface area (Å²) in [5.74, 6) is 0.297. The summed E-state index contributed by atoms with van der Waals surface area (Å²) in [5, 5.41) is 0. The topological polar surface area (TPSA) is 20.3 Å². The molecule has 0 aromatic carbocycles. The highest BCUT2D eigenvalue weighted by Crippen LogP contribution is 2.06. The normalized spacial score (nSPS) is 20.8. The van der Waals surface area contributed by atoms with E-state index in [1.165, 1.54) is 0 Å². The van der Waals surface area contributed by atoms with Crippen LogP contribution in [0.1, 0.15) is 12.8 Å². The monoisotopic (exact) mass is 143 g/mol. The molecule has 0 N–H and O–H groups in total. The van der Waals surface area contributed by atoms with Gasteiger partial charge in [0, 0.05) is 19.9 Å². The zero-order valence-corrected chi connectivity index (χ0v) is 6.20. The second-order valence-corrected chi connectivity index (χ2v) is 2.76. The Morgan fingerprint density at radius 1 is 1.56 bits per heavy atom. The number of hydrogen-bond acceptors (Lipinski definition) is 2. The molecule has 0 spiro atoms. The summed E-state index contributed by atoms with van der Waals surface area (Å²) in [6, 6.07) is 0. The van der Waals surface area contributed by atoms with Gasteiger partial charge in [0.05, 0.1) is 11.5 Å². The van der Waals surface area contributed by atoms with Crippen molar-refractivity contribution in [2.24, 2.45) is 0 Å². The third-order valence-electron chi connectivity index (χ3n) is 1.46. The number of likely N-dealkylation sites (N-methyl/N-ethyl adjacent to an activating group) is 1. The van der Waals surface area contributed by atoms with E-state index in [1.807, 2.05) is 11.9 Å². The maximum absolute atomic E-state index is 10.7. The fourth-order valence-corrected chi connectivity index (χ4v) is 1.04. The predicted octanol–water partition coefficient (Wildman–Crippen LogP) is 0.608. The van der Waals surface area contributed by atoms with E-state index in [-0.39, 0.29) is 0 Å². The Kier molecular flexibility index (Phi) is 1.81.